The molecule has 1 aromatic carbocycles. The molecule has 0 saturated carbocycles. The summed E-state index contributed by atoms with van der Waals surface area (Å²) < 4.78 is 19.8. The van der Waals surface area contributed by atoms with Crippen molar-refractivity contribution < 1.29 is 18.7 Å². The van der Waals surface area contributed by atoms with Crippen LogP contribution in [0, 0.1) is 12.7 Å². The number of hydrogen-bond donors (Lipinski definition) is 0. The van der Waals surface area contributed by atoms with Crippen molar-refractivity contribution in [3.05, 3.63) is 59.2 Å². The number of aromatic nitrogens is 3. The molecule has 0 aliphatic carbocycles. The van der Waals surface area contributed by atoms with Crippen LogP contribution in [-0.4, -0.2) is 32.6 Å². The molecule has 0 aliphatic heterocycles. The van der Waals surface area contributed by atoms with Gasteiger partial charge in [-0.25, -0.2) is 14.2 Å². The Hall–Kier alpha value is -3.09. The molecule has 1 atom stereocenters. The molecule has 0 amide bonds. The molecular formula is C18H16FN3O3. The molecule has 0 fully saturated rings. The van der Waals surface area contributed by atoms with Crippen molar-refractivity contribution in [2.75, 3.05) is 0 Å². The second-order valence-corrected chi connectivity index (χ2v) is 5.72. The largest absolute Gasteiger partial charge is 0.451 e. The molecule has 0 saturated heterocycles. The number of Topliss-reactive ketones (excluding diaryl/α,β-unsaturated/α-hetero) is 1. The molecule has 7 heteroatoms. The summed E-state index contributed by atoms with van der Waals surface area (Å²) in [5, 5.41) is 4.99. The first-order chi connectivity index (χ1) is 11.9. The SMILES string of the molecule is Cc1nn(C)c2ncc(C(=O)O[C@H](C)C(=O)c3ccc(F)cc3)cc12. The number of fused-ring (bicyclic) bond motifs is 1. The number of carbonyl (C=O) groups excluding carboxylic acids is 2. The number of halogens is 1. The maximum absolute atomic E-state index is 12.9. The Kier molecular flexibility index (Phi) is 4.31. The maximum atomic E-state index is 12.9. The second kappa shape index (κ2) is 6.43. The predicted octanol–water partition coefficient (Wildman–Crippen LogP) is 2.84. The summed E-state index contributed by atoms with van der Waals surface area (Å²) in [6, 6.07) is 6.72. The van der Waals surface area contributed by atoms with Gasteiger partial charge in [0.1, 0.15) is 5.82 Å². The molecule has 128 valence electrons. The number of hydrogen-bond acceptors (Lipinski definition) is 5. The molecule has 0 radical (unpaired) electrons. The van der Waals surface area contributed by atoms with Crippen molar-refractivity contribution in [3.8, 4) is 0 Å². The van der Waals surface area contributed by atoms with Crippen LogP contribution >= 0.6 is 0 Å². The van der Waals surface area contributed by atoms with Gasteiger partial charge in [-0.05, 0) is 44.2 Å². The minimum atomic E-state index is -0.997. The molecule has 0 N–H and O–H groups in total. The van der Waals surface area contributed by atoms with Gasteiger partial charge in [0.25, 0.3) is 0 Å². The summed E-state index contributed by atoms with van der Waals surface area (Å²) in [7, 11) is 1.77. The van der Waals surface area contributed by atoms with Crippen LogP contribution in [0.15, 0.2) is 36.5 Å². The van der Waals surface area contributed by atoms with E-state index in [4.69, 9.17) is 4.74 Å². The fourth-order valence-corrected chi connectivity index (χ4v) is 2.55. The number of aryl methyl sites for hydroxylation is 2. The minimum Gasteiger partial charge on any atom is -0.451 e. The molecule has 0 aliphatic rings. The van der Waals surface area contributed by atoms with E-state index in [0.717, 1.165) is 11.1 Å². The van der Waals surface area contributed by atoms with E-state index in [0.29, 0.717) is 5.65 Å². The molecule has 3 aromatic rings. The highest BCUT2D eigenvalue weighted by Gasteiger charge is 2.21. The topological polar surface area (TPSA) is 74.1 Å². The van der Waals surface area contributed by atoms with Crippen LogP contribution in [0.3, 0.4) is 0 Å². The second-order valence-electron chi connectivity index (χ2n) is 5.72. The third-order valence-electron chi connectivity index (χ3n) is 3.88. The molecular weight excluding hydrogens is 325 g/mol. The van der Waals surface area contributed by atoms with Crippen LogP contribution in [0.4, 0.5) is 4.39 Å². The fourth-order valence-electron chi connectivity index (χ4n) is 2.55. The Morgan fingerprint density at radius 2 is 1.88 bits per heavy atom. The molecule has 6 nitrogen and oxygen atoms in total. The van der Waals surface area contributed by atoms with Gasteiger partial charge in [0.05, 0.1) is 11.3 Å². The van der Waals surface area contributed by atoms with E-state index in [9.17, 15) is 14.0 Å². The lowest BCUT2D eigenvalue weighted by Gasteiger charge is -2.12. The van der Waals surface area contributed by atoms with Gasteiger partial charge < -0.3 is 4.74 Å². The van der Waals surface area contributed by atoms with Crippen molar-refractivity contribution in [2.45, 2.75) is 20.0 Å². The van der Waals surface area contributed by atoms with E-state index >= 15 is 0 Å². The maximum Gasteiger partial charge on any atom is 0.340 e. The monoisotopic (exact) mass is 341 g/mol. The van der Waals surface area contributed by atoms with Crippen LogP contribution in [0.2, 0.25) is 0 Å². The Balaban J connectivity index is 1.78. The highest BCUT2D eigenvalue weighted by atomic mass is 19.1. The molecule has 0 bridgehead atoms. The normalized spacial score (nSPS) is 12.2. The summed E-state index contributed by atoms with van der Waals surface area (Å²) >= 11 is 0. The van der Waals surface area contributed by atoms with Gasteiger partial charge in [-0.15, -0.1) is 0 Å². The molecule has 2 aromatic heterocycles. The van der Waals surface area contributed by atoms with Crippen LogP contribution in [0.5, 0.6) is 0 Å². The average Bonchev–Trinajstić information content (AvgIpc) is 2.88. The zero-order valence-electron chi connectivity index (χ0n) is 14.0. The van der Waals surface area contributed by atoms with E-state index in [1.54, 1.807) is 17.8 Å². The van der Waals surface area contributed by atoms with Crippen molar-refractivity contribution >= 4 is 22.8 Å². The first-order valence-electron chi connectivity index (χ1n) is 7.67. The summed E-state index contributed by atoms with van der Waals surface area (Å²) in [5.74, 6) is -1.49. The van der Waals surface area contributed by atoms with Crippen molar-refractivity contribution in [1.82, 2.24) is 14.8 Å². The summed E-state index contributed by atoms with van der Waals surface area (Å²) in [6.45, 7) is 3.30. The third-order valence-corrected chi connectivity index (χ3v) is 3.88. The van der Waals surface area contributed by atoms with E-state index in [2.05, 4.69) is 10.1 Å². The molecule has 0 unspecified atom stereocenters. The van der Waals surface area contributed by atoms with Gasteiger partial charge in [0.15, 0.2) is 11.8 Å². The molecule has 3 rings (SSSR count). The van der Waals surface area contributed by atoms with E-state index in [-0.39, 0.29) is 11.1 Å². The van der Waals surface area contributed by atoms with Crippen LogP contribution in [0.1, 0.15) is 33.3 Å². The van der Waals surface area contributed by atoms with Gasteiger partial charge in [-0.3, -0.25) is 9.48 Å². The lowest BCUT2D eigenvalue weighted by molar-refractivity contribution is 0.0318. The Morgan fingerprint density at radius 1 is 1.20 bits per heavy atom. The highest BCUT2D eigenvalue weighted by Crippen LogP contribution is 2.18. The average molecular weight is 341 g/mol. The van der Waals surface area contributed by atoms with Gasteiger partial charge in [-0.1, -0.05) is 0 Å². The van der Waals surface area contributed by atoms with Gasteiger partial charge in [0, 0.05) is 24.2 Å². The first-order valence-corrected chi connectivity index (χ1v) is 7.67. The third kappa shape index (κ3) is 3.26. The summed E-state index contributed by atoms with van der Waals surface area (Å²) in [4.78, 5) is 28.8. The number of pyridine rings is 1. The molecule has 0 spiro atoms. The number of ether oxygens (including phenoxy) is 1. The smallest absolute Gasteiger partial charge is 0.340 e. The van der Waals surface area contributed by atoms with E-state index < -0.39 is 23.7 Å². The van der Waals surface area contributed by atoms with Crippen LogP contribution in [-0.2, 0) is 11.8 Å². The number of benzene rings is 1. The van der Waals surface area contributed by atoms with Crippen molar-refractivity contribution in [3.63, 3.8) is 0 Å². The lowest BCUT2D eigenvalue weighted by Crippen LogP contribution is -2.24. The Morgan fingerprint density at radius 3 is 2.56 bits per heavy atom. The molecule has 25 heavy (non-hydrogen) atoms. The summed E-state index contributed by atoms with van der Waals surface area (Å²) in [6.07, 6.45) is 0.393. The number of nitrogens with zero attached hydrogens (tertiary/aromatic N) is 3. The summed E-state index contributed by atoms with van der Waals surface area (Å²) in [5.41, 5.74) is 1.92. The van der Waals surface area contributed by atoms with Gasteiger partial charge in [0.2, 0.25) is 5.78 Å². The highest BCUT2D eigenvalue weighted by molar-refractivity contribution is 6.01. The zero-order chi connectivity index (χ0) is 18.1. The van der Waals surface area contributed by atoms with Crippen molar-refractivity contribution in [2.24, 2.45) is 7.05 Å². The minimum absolute atomic E-state index is 0.238. The van der Waals surface area contributed by atoms with E-state index in [1.165, 1.54) is 37.4 Å². The Bertz CT molecular complexity index is 964. The van der Waals surface area contributed by atoms with Crippen LogP contribution in [0.25, 0.3) is 11.0 Å². The van der Waals surface area contributed by atoms with Crippen LogP contribution < -0.4 is 0 Å². The first kappa shape index (κ1) is 16.8. The predicted molar refractivity (Wildman–Crippen MR) is 88.9 cm³/mol. The standard InChI is InChI=1S/C18H16FN3O3/c1-10-15-8-13(9-20-17(15)22(3)21-10)18(24)25-11(2)16(23)12-4-6-14(19)7-5-12/h4-9,11H,1-3H3/t11-/m1/s1. The number of rotatable bonds is 4. The quantitative estimate of drug-likeness (QED) is 0.539. The Labute approximate surface area is 143 Å². The number of esters is 1. The lowest BCUT2D eigenvalue weighted by atomic mass is 10.1. The van der Waals surface area contributed by atoms with Crippen molar-refractivity contribution in [1.29, 1.82) is 0 Å². The fraction of sp³-hybridized carbons (Fsp3) is 0.222. The van der Waals surface area contributed by atoms with Gasteiger partial charge in [-0.2, -0.15) is 5.10 Å². The number of ketones is 1. The molecule has 2 heterocycles. The van der Waals surface area contributed by atoms with E-state index in [1.807, 2.05) is 6.92 Å². The number of carbonyl (C=O) groups is 2. The zero-order valence-corrected chi connectivity index (χ0v) is 14.0. The van der Waals surface area contributed by atoms with Gasteiger partial charge >= 0.3 is 5.97 Å².